The van der Waals surface area contributed by atoms with E-state index in [-0.39, 0.29) is 24.1 Å². The van der Waals surface area contributed by atoms with Gasteiger partial charge in [-0.2, -0.15) is 0 Å². The number of ether oxygens (including phenoxy) is 1. The summed E-state index contributed by atoms with van der Waals surface area (Å²) in [6.07, 6.45) is 5.01. The van der Waals surface area contributed by atoms with Crippen LogP contribution in [-0.4, -0.2) is 73.6 Å². The van der Waals surface area contributed by atoms with E-state index in [1.807, 2.05) is 6.07 Å². The molecule has 3 fully saturated rings. The molecule has 0 aliphatic carbocycles. The summed E-state index contributed by atoms with van der Waals surface area (Å²) in [4.78, 5) is 19.4. The zero-order chi connectivity index (χ0) is 21.2. The van der Waals surface area contributed by atoms with Gasteiger partial charge in [0.15, 0.2) is 0 Å². The smallest absolute Gasteiger partial charge is 0.290 e. The Balaban J connectivity index is 0.000000755. The van der Waals surface area contributed by atoms with E-state index in [1.165, 1.54) is 6.26 Å². The predicted molar refractivity (Wildman–Crippen MR) is 108 cm³/mol. The number of carbonyl (C=O) groups is 1. The molecule has 4 rings (SSSR count). The average Bonchev–Trinajstić information content (AvgIpc) is 3.28. The summed E-state index contributed by atoms with van der Waals surface area (Å²) in [5.74, 6) is 2.26. The number of hydrogen-bond acceptors (Lipinski definition) is 8. The summed E-state index contributed by atoms with van der Waals surface area (Å²) in [7, 11) is -3.19. The Hall–Kier alpha value is -1.98. The second-order valence-corrected chi connectivity index (χ2v) is 10.0. The number of carboxylic acid groups (broad SMARTS) is 1. The normalized spacial score (nSPS) is 30.1. The van der Waals surface area contributed by atoms with Crippen molar-refractivity contribution in [2.45, 2.75) is 44.4 Å². The van der Waals surface area contributed by atoms with Crippen LogP contribution < -0.4 is 14.9 Å². The van der Waals surface area contributed by atoms with Crippen molar-refractivity contribution in [1.29, 1.82) is 0 Å². The van der Waals surface area contributed by atoms with Gasteiger partial charge in [-0.3, -0.25) is 4.79 Å². The van der Waals surface area contributed by atoms with E-state index >= 15 is 0 Å². The molecule has 2 bridgehead atoms. The highest BCUT2D eigenvalue weighted by molar-refractivity contribution is 7.88. The standard InChI is InChI=1S/C17H27N5O3S.CH2O2/c1-11(2)21-15-6-16(19-10-18-15)22-8-13-12(7-20-26(3,23)24)14-4-5-17(13,9-22)25-14;2-1-3/h6,10-14,20H,4-5,7-9H2,1-3H3,(H,18,19,21);1H,(H,2,3)/t12-,13+,14+,17+;/m0./s1. The van der Waals surface area contributed by atoms with Gasteiger partial charge in [-0.05, 0) is 26.7 Å². The number of anilines is 2. The Morgan fingerprint density at radius 3 is 2.83 bits per heavy atom. The summed E-state index contributed by atoms with van der Waals surface area (Å²) < 4.78 is 32.1. The molecule has 29 heavy (non-hydrogen) atoms. The molecule has 1 aromatic heterocycles. The van der Waals surface area contributed by atoms with Gasteiger partial charge in [-0.1, -0.05) is 0 Å². The second kappa shape index (κ2) is 8.41. The van der Waals surface area contributed by atoms with Crippen LogP contribution in [0.2, 0.25) is 0 Å². The van der Waals surface area contributed by atoms with Crippen LogP contribution in [0.5, 0.6) is 0 Å². The minimum Gasteiger partial charge on any atom is -0.483 e. The number of rotatable bonds is 6. The molecule has 1 aromatic rings. The van der Waals surface area contributed by atoms with E-state index in [0.29, 0.717) is 18.5 Å². The molecule has 10 nitrogen and oxygen atoms in total. The van der Waals surface area contributed by atoms with Crippen LogP contribution in [0.4, 0.5) is 11.6 Å². The average molecular weight is 428 g/mol. The zero-order valence-electron chi connectivity index (χ0n) is 16.9. The predicted octanol–water partition coefficient (Wildman–Crippen LogP) is 0.531. The van der Waals surface area contributed by atoms with Gasteiger partial charge >= 0.3 is 0 Å². The number of sulfonamides is 1. The largest absolute Gasteiger partial charge is 0.483 e. The molecule has 0 amide bonds. The van der Waals surface area contributed by atoms with Crippen molar-refractivity contribution in [3.8, 4) is 0 Å². The minimum absolute atomic E-state index is 0.162. The first kappa shape index (κ1) is 21.7. The summed E-state index contributed by atoms with van der Waals surface area (Å²) in [5, 5.41) is 10.2. The minimum atomic E-state index is -3.19. The quantitative estimate of drug-likeness (QED) is 0.556. The Morgan fingerprint density at radius 1 is 1.45 bits per heavy atom. The molecule has 3 aliphatic rings. The van der Waals surface area contributed by atoms with E-state index in [4.69, 9.17) is 14.6 Å². The lowest BCUT2D eigenvalue weighted by atomic mass is 9.74. The van der Waals surface area contributed by atoms with Crippen molar-refractivity contribution < 1.29 is 23.1 Å². The molecule has 3 aliphatic heterocycles. The van der Waals surface area contributed by atoms with Crippen LogP contribution >= 0.6 is 0 Å². The van der Waals surface area contributed by atoms with Gasteiger partial charge in [0.05, 0.1) is 18.0 Å². The number of nitrogens with one attached hydrogen (secondary N) is 2. The summed E-state index contributed by atoms with van der Waals surface area (Å²) in [5.41, 5.74) is -0.162. The van der Waals surface area contributed by atoms with E-state index < -0.39 is 10.0 Å². The van der Waals surface area contributed by atoms with Crippen LogP contribution in [-0.2, 0) is 19.6 Å². The molecule has 0 unspecified atom stereocenters. The molecule has 0 aromatic carbocycles. The van der Waals surface area contributed by atoms with Crippen LogP contribution in [0.15, 0.2) is 12.4 Å². The lowest BCUT2D eigenvalue weighted by Gasteiger charge is -2.29. The van der Waals surface area contributed by atoms with E-state index in [9.17, 15) is 8.42 Å². The first-order chi connectivity index (χ1) is 13.7. The van der Waals surface area contributed by atoms with Gasteiger partial charge in [0.1, 0.15) is 18.0 Å². The van der Waals surface area contributed by atoms with Crippen molar-refractivity contribution in [3.63, 3.8) is 0 Å². The van der Waals surface area contributed by atoms with E-state index in [1.54, 1.807) is 6.33 Å². The van der Waals surface area contributed by atoms with Crippen LogP contribution in [0.1, 0.15) is 26.7 Å². The number of nitrogens with zero attached hydrogens (tertiary/aromatic N) is 3. The highest BCUT2D eigenvalue weighted by Gasteiger charge is 2.63. The summed E-state index contributed by atoms with van der Waals surface area (Å²) >= 11 is 0. The number of aromatic nitrogens is 2. The molecule has 1 spiro atoms. The van der Waals surface area contributed by atoms with Crippen molar-refractivity contribution in [1.82, 2.24) is 14.7 Å². The molecule has 11 heteroatoms. The summed E-state index contributed by atoms with van der Waals surface area (Å²) in [6.45, 7) is 6.00. The summed E-state index contributed by atoms with van der Waals surface area (Å²) in [6, 6.07) is 2.29. The molecule has 3 saturated heterocycles. The molecule has 4 atom stereocenters. The fraction of sp³-hybridized carbons (Fsp3) is 0.722. The first-order valence-electron chi connectivity index (χ1n) is 9.71. The van der Waals surface area contributed by atoms with E-state index in [2.05, 4.69) is 38.8 Å². The van der Waals surface area contributed by atoms with Gasteiger partial charge in [-0.25, -0.2) is 23.1 Å². The van der Waals surface area contributed by atoms with Gasteiger partial charge < -0.3 is 20.1 Å². The second-order valence-electron chi connectivity index (χ2n) is 8.20. The highest BCUT2D eigenvalue weighted by Crippen LogP contribution is 2.55. The lowest BCUT2D eigenvalue weighted by Crippen LogP contribution is -2.41. The lowest BCUT2D eigenvalue weighted by molar-refractivity contribution is -0.122. The maximum absolute atomic E-state index is 11.5. The van der Waals surface area contributed by atoms with Crippen LogP contribution in [0.3, 0.4) is 0 Å². The molecular formula is C18H29N5O5S. The molecule has 4 heterocycles. The van der Waals surface area contributed by atoms with Gasteiger partial charge in [0.2, 0.25) is 10.0 Å². The first-order valence-corrected chi connectivity index (χ1v) is 11.6. The van der Waals surface area contributed by atoms with Crippen molar-refractivity contribution >= 4 is 28.1 Å². The molecular weight excluding hydrogens is 398 g/mol. The zero-order valence-corrected chi connectivity index (χ0v) is 17.7. The molecule has 3 N–H and O–H groups in total. The third-order valence-corrected chi connectivity index (χ3v) is 6.47. The molecule has 162 valence electrons. The third kappa shape index (κ3) is 4.78. The molecule has 0 saturated carbocycles. The maximum Gasteiger partial charge on any atom is 0.290 e. The Bertz CT molecular complexity index is 836. The van der Waals surface area contributed by atoms with Crippen LogP contribution in [0, 0.1) is 11.8 Å². The number of fused-ring (bicyclic) bond motifs is 1. The Morgan fingerprint density at radius 2 is 2.17 bits per heavy atom. The SMILES string of the molecule is CC(C)Nc1cc(N2C[C@@H]3[C@H](CNS(C)(=O)=O)[C@H]4CC[C@]3(C2)O4)ncn1.O=CO. The number of hydrogen-bond donors (Lipinski definition) is 3. The van der Waals surface area contributed by atoms with E-state index in [0.717, 1.165) is 37.6 Å². The fourth-order valence-electron chi connectivity index (χ4n) is 4.78. The van der Waals surface area contributed by atoms with Gasteiger partial charge in [-0.15, -0.1) is 0 Å². The monoisotopic (exact) mass is 427 g/mol. The Kier molecular flexibility index (Phi) is 6.30. The Labute approximate surface area is 171 Å². The topological polar surface area (TPSA) is 134 Å². The molecule has 0 radical (unpaired) electrons. The third-order valence-electron chi connectivity index (χ3n) is 5.78. The van der Waals surface area contributed by atoms with Crippen LogP contribution in [0.25, 0.3) is 0 Å². The fourth-order valence-corrected chi connectivity index (χ4v) is 5.28. The van der Waals surface area contributed by atoms with Gasteiger partial charge in [0, 0.05) is 43.6 Å². The van der Waals surface area contributed by atoms with Crippen molar-refractivity contribution in [2.75, 3.05) is 36.1 Å². The van der Waals surface area contributed by atoms with Crippen molar-refractivity contribution in [3.05, 3.63) is 12.4 Å². The maximum atomic E-state index is 11.5. The van der Waals surface area contributed by atoms with Gasteiger partial charge in [0.25, 0.3) is 6.47 Å². The van der Waals surface area contributed by atoms with Crippen molar-refractivity contribution in [2.24, 2.45) is 11.8 Å². The highest BCUT2D eigenvalue weighted by atomic mass is 32.2.